The first-order chi connectivity index (χ1) is 10.9. The molecule has 0 aliphatic heterocycles. The Bertz CT molecular complexity index is 708. The number of nitrogens with zero attached hydrogens (tertiary/aromatic N) is 1. The lowest BCUT2D eigenvalue weighted by molar-refractivity contribution is -0.138. The molecule has 0 radical (unpaired) electrons. The van der Waals surface area contributed by atoms with Crippen LogP contribution in [-0.2, 0) is 9.53 Å². The summed E-state index contributed by atoms with van der Waals surface area (Å²) in [5.74, 6) is -0.759. The van der Waals surface area contributed by atoms with Gasteiger partial charge in [-0.05, 0) is 25.5 Å². The smallest absolute Gasteiger partial charge is 0.339 e. The first-order valence-electron chi connectivity index (χ1n) is 7.44. The zero-order chi connectivity index (χ0) is 17.0. The van der Waals surface area contributed by atoms with Crippen LogP contribution in [-0.4, -0.2) is 30.9 Å². The maximum atomic E-state index is 12.5. The molecule has 0 bridgehead atoms. The molecule has 1 atom stereocenters. The van der Waals surface area contributed by atoms with Gasteiger partial charge in [-0.15, -0.1) is 0 Å². The van der Waals surface area contributed by atoms with Gasteiger partial charge in [0.25, 0.3) is 5.91 Å². The van der Waals surface area contributed by atoms with Crippen molar-refractivity contribution >= 4 is 11.9 Å². The van der Waals surface area contributed by atoms with Gasteiger partial charge in [0.05, 0.1) is 5.56 Å². The fourth-order valence-corrected chi connectivity index (χ4v) is 2.25. The average Bonchev–Trinajstić information content (AvgIpc) is 2.54. The zero-order valence-corrected chi connectivity index (χ0v) is 13.9. The van der Waals surface area contributed by atoms with Gasteiger partial charge in [-0.3, -0.25) is 4.79 Å². The number of hydrogen-bond donors (Lipinski definition) is 0. The summed E-state index contributed by atoms with van der Waals surface area (Å²) in [4.78, 5) is 26.4. The number of rotatable bonds is 4. The van der Waals surface area contributed by atoms with Crippen molar-refractivity contribution in [2.75, 3.05) is 14.1 Å². The predicted octanol–water partition coefficient (Wildman–Crippen LogP) is 3.29. The molecule has 23 heavy (non-hydrogen) atoms. The number of esters is 1. The van der Waals surface area contributed by atoms with Crippen molar-refractivity contribution < 1.29 is 14.3 Å². The largest absolute Gasteiger partial charge is 0.444 e. The number of likely N-dealkylation sites (N-methyl/N-ethyl adjacent to an activating group) is 1. The summed E-state index contributed by atoms with van der Waals surface area (Å²) in [5.41, 5.74) is 2.94. The van der Waals surface area contributed by atoms with Gasteiger partial charge in [-0.25, -0.2) is 4.79 Å². The third kappa shape index (κ3) is 3.97. The molecule has 0 saturated carbocycles. The molecule has 2 aromatic carbocycles. The maximum Gasteiger partial charge on any atom is 0.339 e. The third-order valence-electron chi connectivity index (χ3n) is 3.61. The van der Waals surface area contributed by atoms with E-state index in [0.717, 1.165) is 11.1 Å². The molecule has 0 saturated heterocycles. The first kappa shape index (κ1) is 16.7. The van der Waals surface area contributed by atoms with Crippen molar-refractivity contribution in [1.29, 1.82) is 0 Å². The van der Waals surface area contributed by atoms with Crippen LogP contribution < -0.4 is 0 Å². The topological polar surface area (TPSA) is 46.6 Å². The minimum absolute atomic E-state index is 0.269. The van der Waals surface area contributed by atoms with Gasteiger partial charge in [0.1, 0.15) is 0 Å². The lowest BCUT2D eigenvalue weighted by atomic mass is 10.1. The summed E-state index contributed by atoms with van der Waals surface area (Å²) in [7, 11) is 3.29. The second-order valence-corrected chi connectivity index (χ2v) is 5.75. The van der Waals surface area contributed by atoms with E-state index in [1.807, 2.05) is 44.2 Å². The molecule has 0 unspecified atom stereocenters. The van der Waals surface area contributed by atoms with Crippen molar-refractivity contribution in [3.8, 4) is 0 Å². The van der Waals surface area contributed by atoms with Gasteiger partial charge in [0, 0.05) is 19.7 Å². The molecule has 0 aliphatic carbocycles. The number of carbonyl (C=O) groups excluding carboxylic acids is 2. The standard InChI is InChI=1S/C19H21NO3/c1-13-10-11-14(2)16(12-13)19(22)23-17(18(21)20(3)4)15-8-6-5-7-9-15/h5-12,17H,1-4H3/t17-/m0/s1. The Labute approximate surface area is 136 Å². The van der Waals surface area contributed by atoms with Crippen molar-refractivity contribution in [1.82, 2.24) is 4.90 Å². The molecule has 0 N–H and O–H groups in total. The van der Waals surface area contributed by atoms with Crippen LogP contribution in [0, 0.1) is 13.8 Å². The minimum Gasteiger partial charge on any atom is -0.444 e. The summed E-state index contributed by atoms with van der Waals surface area (Å²) in [6.07, 6.45) is -0.946. The molecule has 0 aromatic heterocycles. The molecule has 2 rings (SSSR count). The van der Waals surface area contributed by atoms with Crippen molar-refractivity contribution in [3.63, 3.8) is 0 Å². The van der Waals surface area contributed by atoms with Gasteiger partial charge >= 0.3 is 5.97 Å². The Morgan fingerprint density at radius 3 is 2.26 bits per heavy atom. The van der Waals surface area contributed by atoms with E-state index in [2.05, 4.69) is 0 Å². The Balaban J connectivity index is 2.32. The van der Waals surface area contributed by atoms with E-state index in [4.69, 9.17) is 4.74 Å². The highest BCUT2D eigenvalue weighted by Crippen LogP contribution is 2.22. The molecular formula is C19H21NO3. The van der Waals surface area contributed by atoms with Crippen LogP contribution in [0.2, 0.25) is 0 Å². The Morgan fingerprint density at radius 1 is 1.00 bits per heavy atom. The molecule has 120 valence electrons. The van der Waals surface area contributed by atoms with Gasteiger partial charge in [0.2, 0.25) is 6.10 Å². The molecule has 0 heterocycles. The Morgan fingerprint density at radius 2 is 1.65 bits per heavy atom. The lowest BCUT2D eigenvalue weighted by Crippen LogP contribution is -2.31. The highest BCUT2D eigenvalue weighted by Gasteiger charge is 2.27. The lowest BCUT2D eigenvalue weighted by Gasteiger charge is -2.21. The van der Waals surface area contributed by atoms with Crippen molar-refractivity contribution in [2.45, 2.75) is 20.0 Å². The minimum atomic E-state index is -0.946. The first-order valence-corrected chi connectivity index (χ1v) is 7.44. The van der Waals surface area contributed by atoms with E-state index in [9.17, 15) is 9.59 Å². The van der Waals surface area contributed by atoms with Crippen molar-refractivity contribution in [2.24, 2.45) is 0 Å². The molecule has 4 nitrogen and oxygen atoms in total. The molecule has 1 amide bonds. The van der Waals surface area contributed by atoms with E-state index >= 15 is 0 Å². The number of hydrogen-bond acceptors (Lipinski definition) is 3. The summed E-state index contributed by atoms with van der Waals surface area (Å²) in [6, 6.07) is 14.6. The maximum absolute atomic E-state index is 12.5. The van der Waals surface area contributed by atoms with Crippen LogP contribution in [0.25, 0.3) is 0 Å². The molecule has 0 fully saturated rings. The zero-order valence-electron chi connectivity index (χ0n) is 13.9. The number of aryl methyl sites for hydroxylation is 2. The predicted molar refractivity (Wildman–Crippen MR) is 89.2 cm³/mol. The second kappa shape index (κ2) is 7.09. The van der Waals surface area contributed by atoms with E-state index in [-0.39, 0.29) is 5.91 Å². The molecule has 2 aromatic rings. The monoisotopic (exact) mass is 311 g/mol. The Kier molecular flexibility index (Phi) is 5.16. The number of benzene rings is 2. The SMILES string of the molecule is Cc1ccc(C)c(C(=O)O[C@H](C(=O)N(C)C)c2ccccc2)c1. The third-order valence-corrected chi connectivity index (χ3v) is 3.61. The second-order valence-electron chi connectivity index (χ2n) is 5.75. The molecule has 4 heteroatoms. The van der Waals surface area contributed by atoms with E-state index in [1.54, 1.807) is 32.3 Å². The number of carbonyl (C=O) groups is 2. The van der Waals surface area contributed by atoms with Crippen LogP contribution in [0.15, 0.2) is 48.5 Å². The molecule has 0 spiro atoms. The van der Waals surface area contributed by atoms with E-state index in [0.29, 0.717) is 11.1 Å². The highest BCUT2D eigenvalue weighted by molar-refractivity contribution is 5.94. The molecular weight excluding hydrogens is 290 g/mol. The van der Waals surface area contributed by atoms with Gasteiger partial charge in [-0.2, -0.15) is 0 Å². The van der Waals surface area contributed by atoms with Crippen LogP contribution in [0.4, 0.5) is 0 Å². The molecule has 0 aliphatic rings. The summed E-state index contributed by atoms with van der Waals surface area (Å²) in [6.45, 7) is 3.76. The summed E-state index contributed by atoms with van der Waals surface area (Å²) >= 11 is 0. The fourth-order valence-electron chi connectivity index (χ4n) is 2.25. The van der Waals surface area contributed by atoms with Crippen LogP contribution in [0.1, 0.15) is 33.2 Å². The van der Waals surface area contributed by atoms with E-state index < -0.39 is 12.1 Å². The van der Waals surface area contributed by atoms with Gasteiger partial charge < -0.3 is 9.64 Å². The normalized spacial score (nSPS) is 11.7. The summed E-state index contributed by atoms with van der Waals surface area (Å²) < 4.78 is 5.55. The van der Waals surface area contributed by atoms with Crippen LogP contribution >= 0.6 is 0 Å². The number of ether oxygens (including phenoxy) is 1. The average molecular weight is 311 g/mol. The van der Waals surface area contributed by atoms with Gasteiger partial charge in [-0.1, -0.05) is 48.0 Å². The highest BCUT2D eigenvalue weighted by atomic mass is 16.5. The number of amides is 1. The Hall–Kier alpha value is -2.62. The van der Waals surface area contributed by atoms with Crippen LogP contribution in [0.3, 0.4) is 0 Å². The van der Waals surface area contributed by atoms with E-state index in [1.165, 1.54) is 4.90 Å². The van der Waals surface area contributed by atoms with Gasteiger partial charge in [0.15, 0.2) is 0 Å². The van der Waals surface area contributed by atoms with Crippen molar-refractivity contribution in [3.05, 3.63) is 70.8 Å². The summed E-state index contributed by atoms with van der Waals surface area (Å²) in [5, 5.41) is 0. The fraction of sp³-hybridized carbons (Fsp3) is 0.263. The quantitative estimate of drug-likeness (QED) is 0.814. The van der Waals surface area contributed by atoms with Crippen LogP contribution in [0.5, 0.6) is 0 Å².